The molecule has 234 valence electrons. The molecule has 2 heterocycles. The van der Waals surface area contributed by atoms with Gasteiger partial charge in [0.1, 0.15) is 11.6 Å². The molecule has 0 spiro atoms. The lowest BCUT2D eigenvalue weighted by Crippen LogP contribution is -2.27. The maximum Gasteiger partial charge on any atom is 0.258 e. The topological polar surface area (TPSA) is 133 Å². The molecule has 0 fully saturated rings. The smallest absolute Gasteiger partial charge is 0.258 e. The Labute approximate surface area is 264 Å². The highest BCUT2D eigenvalue weighted by molar-refractivity contribution is 7.89. The van der Waals surface area contributed by atoms with Crippen LogP contribution in [0.4, 0.5) is 10.1 Å². The number of benzene rings is 4. The number of amides is 1. The number of aromatic amines is 1. The number of fused-ring (bicyclic) bond motifs is 2. The molecule has 2 aromatic heterocycles. The van der Waals surface area contributed by atoms with Crippen molar-refractivity contribution < 1.29 is 22.7 Å². The van der Waals surface area contributed by atoms with Crippen LogP contribution >= 0.6 is 0 Å². The second-order valence-corrected chi connectivity index (χ2v) is 12.8. The largest absolute Gasteiger partial charge is 0.507 e. The Hall–Kier alpha value is -5.26. The fraction of sp³-hybridized carbons (Fsp3) is 0.143. The number of carbonyl (C=O) groups is 1. The van der Waals surface area contributed by atoms with Gasteiger partial charge >= 0.3 is 0 Å². The number of aryl methyl sites for hydroxylation is 1. The molecule has 0 bridgehead atoms. The molecule has 6 rings (SSSR count). The van der Waals surface area contributed by atoms with Crippen LogP contribution in [-0.2, 0) is 28.3 Å². The van der Waals surface area contributed by atoms with Crippen molar-refractivity contribution in [2.24, 2.45) is 7.05 Å². The Morgan fingerprint density at radius 1 is 0.957 bits per heavy atom. The number of halogens is 1. The monoisotopic (exact) mass is 638 g/mol. The molecule has 1 atom stereocenters. The number of aromatic hydroxyl groups is 1. The van der Waals surface area contributed by atoms with E-state index in [9.17, 15) is 27.5 Å². The van der Waals surface area contributed by atoms with Crippen LogP contribution in [0.5, 0.6) is 5.75 Å². The first kappa shape index (κ1) is 30.8. The summed E-state index contributed by atoms with van der Waals surface area (Å²) < 4.78 is 45.2. The van der Waals surface area contributed by atoms with Gasteiger partial charge in [0.25, 0.3) is 5.56 Å². The van der Waals surface area contributed by atoms with Crippen LogP contribution in [0, 0.1) is 5.82 Å². The van der Waals surface area contributed by atoms with Gasteiger partial charge < -0.3 is 20.0 Å². The number of nitrogens with zero attached hydrogens (tertiary/aromatic N) is 1. The minimum atomic E-state index is -3.91. The molecule has 0 saturated carbocycles. The Balaban J connectivity index is 1.45. The molecule has 46 heavy (non-hydrogen) atoms. The Bertz CT molecular complexity index is 2280. The highest BCUT2D eigenvalue weighted by atomic mass is 32.2. The average molecular weight is 639 g/mol. The molecular formula is C35H31FN4O5S. The van der Waals surface area contributed by atoms with Gasteiger partial charge in [-0.25, -0.2) is 17.5 Å². The van der Waals surface area contributed by atoms with E-state index in [2.05, 4.69) is 15.0 Å². The molecule has 0 aliphatic heterocycles. The van der Waals surface area contributed by atoms with Crippen LogP contribution in [0.2, 0.25) is 0 Å². The minimum Gasteiger partial charge on any atom is -0.507 e. The predicted octanol–water partition coefficient (Wildman–Crippen LogP) is 5.52. The Kier molecular flexibility index (Phi) is 8.20. The number of para-hydroxylation sites is 2. The van der Waals surface area contributed by atoms with E-state index >= 15 is 0 Å². The summed E-state index contributed by atoms with van der Waals surface area (Å²) in [4.78, 5) is 28.7. The first-order chi connectivity index (χ1) is 22.0. The summed E-state index contributed by atoms with van der Waals surface area (Å²) in [6.45, 7) is 1.37. The molecule has 11 heteroatoms. The quantitative estimate of drug-likeness (QED) is 0.166. The molecular weight excluding hydrogens is 607 g/mol. The zero-order valence-corrected chi connectivity index (χ0v) is 25.9. The van der Waals surface area contributed by atoms with Gasteiger partial charge in [-0.3, -0.25) is 9.59 Å². The number of anilines is 1. The highest BCUT2D eigenvalue weighted by Crippen LogP contribution is 2.41. The minimum absolute atomic E-state index is 0.00219. The number of H-pyrrole nitrogens is 1. The molecule has 0 radical (unpaired) electrons. The average Bonchev–Trinajstić information content (AvgIpc) is 3.39. The fourth-order valence-corrected chi connectivity index (χ4v) is 7.01. The molecule has 1 amide bonds. The maximum absolute atomic E-state index is 14.7. The zero-order chi connectivity index (χ0) is 32.6. The van der Waals surface area contributed by atoms with Gasteiger partial charge in [0.15, 0.2) is 0 Å². The van der Waals surface area contributed by atoms with Gasteiger partial charge in [0.05, 0.1) is 21.9 Å². The van der Waals surface area contributed by atoms with Crippen LogP contribution in [0.3, 0.4) is 0 Å². The van der Waals surface area contributed by atoms with E-state index in [0.717, 1.165) is 10.9 Å². The molecule has 0 aliphatic carbocycles. The summed E-state index contributed by atoms with van der Waals surface area (Å²) >= 11 is 0. The lowest BCUT2D eigenvalue weighted by Gasteiger charge is -2.22. The van der Waals surface area contributed by atoms with E-state index in [4.69, 9.17) is 0 Å². The molecule has 6 aromatic rings. The van der Waals surface area contributed by atoms with E-state index in [1.165, 1.54) is 47.9 Å². The first-order valence-corrected chi connectivity index (χ1v) is 16.1. The summed E-state index contributed by atoms with van der Waals surface area (Å²) in [5.74, 6) is -1.90. The zero-order valence-electron chi connectivity index (χ0n) is 25.0. The summed E-state index contributed by atoms with van der Waals surface area (Å²) in [6.07, 6.45) is 0.211. The van der Waals surface area contributed by atoms with Crippen molar-refractivity contribution in [2.75, 3.05) is 11.9 Å². The number of carbonyl (C=O) groups excluding carboxylic acids is 1. The number of rotatable bonds is 9. The third-order valence-electron chi connectivity index (χ3n) is 8.07. The van der Waals surface area contributed by atoms with Crippen LogP contribution in [0.15, 0.2) is 107 Å². The number of nitrogens with one attached hydrogen (secondary N) is 3. The van der Waals surface area contributed by atoms with Crippen molar-refractivity contribution >= 4 is 43.4 Å². The van der Waals surface area contributed by atoms with Crippen LogP contribution < -0.4 is 15.6 Å². The second kappa shape index (κ2) is 12.3. The Morgan fingerprint density at radius 2 is 1.65 bits per heavy atom. The van der Waals surface area contributed by atoms with E-state index in [-0.39, 0.29) is 35.1 Å². The lowest BCUT2D eigenvalue weighted by atomic mass is 9.85. The van der Waals surface area contributed by atoms with Gasteiger partial charge in [-0.2, -0.15) is 0 Å². The Morgan fingerprint density at radius 3 is 2.37 bits per heavy atom. The molecule has 0 saturated heterocycles. The van der Waals surface area contributed by atoms with Crippen molar-refractivity contribution in [3.63, 3.8) is 0 Å². The summed E-state index contributed by atoms with van der Waals surface area (Å²) in [6, 6.07) is 26.2. The van der Waals surface area contributed by atoms with Crippen LogP contribution in [-0.4, -0.2) is 35.5 Å². The second-order valence-electron chi connectivity index (χ2n) is 11.0. The maximum atomic E-state index is 14.7. The van der Waals surface area contributed by atoms with E-state index in [1.54, 1.807) is 43.4 Å². The van der Waals surface area contributed by atoms with Gasteiger partial charge in [0.2, 0.25) is 15.9 Å². The van der Waals surface area contributed by atoms with E-state index in [1.807, 2.05) is 24.3 Å². The van der Waals surface area contributed by atoms with E-state index < -0.39 is 27.3 Å². The van der Waals surface area contributed by atoms with Gasteiger partial charge in [-0.1, -0.05) is 42.5 Å². The van der Waals surface area contributed by atoms with Crippen molar-refractivity contribution in [1.82, 2.24) is 14.3 Å². The molecule has 4 aromatic carbocycles. The number of sulfonamides is 1. The lowest BCUT2D eigenvalue weighted by molar-refractivity contribution is -0.114. The normalized spacial score (nSPS) is 12.4. The molecule has 0 aliphatic rings. The van der Waals surface area contributed by atoms with Crippen LogP contribution in [0.1, 0.15) is 35.2 Å². The number of aromatic nitrogens is 2. The first-order valence-electron chi connectivity index (χ1n) is 14.6. The van der Waals surface area contributed by atoms with Crippen molar-refractivity contribution in [1.29, 1.82) is 0 Å². The number of pyridine rings is 1. The SMILES string of the molecule is CC(=O)Nc1ccc(S(=O)(=O)NCCc2c(C(c3cccc(F)c3)c3c(O)c4ccccc4n(C)c3=O)[nH]c3ccccc23)cc1. The summed E-state index contributed by atoms with van der Waals surface area (Å²) in [5.41, 5.74) is 3.07. The van der Waals surface area contributed by atoms with E-state index in [0.29, 0.717) is 33.4 Å². The van der Waals surface area contributed by atoms with Gasteiger partial charge in [-0.05, 0) is 72.1 Å². The van der Waals surface area contributed by atoms with Gasteiger partial charge in [0, 0.05) is 48.2 Å². The predicted molar refractivity (Wildman–Crippen MR) is 176 cm³/mol. The summed E-state index contributed by atoms with van der Waals surface area (Å²) in [5, 5.41) is 15.5. The highest BCUT2D eigenvalue weighted by Gasteiger charge is 2.30. The third-order valence-corrected chi connectivity index (χ3v) is 9.55. The van der Waals surface area contributed by atoms with Crippen molar-refractivity contribution in [3.05, 3.63) is 136 Å². The summed E-state index contributed by atoms with van der Waals surface area (Å²) in [7, 11) is -2.29. The molecule has 9 nitrogen and oxygen atoms in total. The van der Waals surface area contributed by atoms with Crippen molar-refractivity contribution in [3.8, 4) is 5.75 Å². The number of hydrogen-bond donors (Lipinski definition) is 4. The number of hydrogen-bond acceptors (Lipinski definition) is 5. The standard InChI is InChI=1S/C35H31FN4O5S/c1-21(41)38-24-14-16-25(17-15-24)46(44,45)37-19-18-27-26-10-3-5-12-29(26)39-33(27)31(22-8-7-9-23(36)20-22)32-34(42)28-11-4-6-13-30(28)40(2)35(32)43/h3-17,20,31,37,39,42H,18-19H2,1-2H3,(H,38,41). The molecule has 4 N–H and O–H groups in total. The molecule has 1 unspecified atom stereocenters. The third kappa shape index (κ3) is 5.78. The fourth-order valence-electron chi connectivity index (χ4n) is 5.98. The van der Waals surface area contributed by atoms with Crippen molar-refractivity contribution in [2.45, 2.75) is 24.2 Å². The van der Waals surface area contributed by atoms with Crippen LogP contribution in [0.25, 0.3) is 21.8 Å². The van der Waals surface area contributed by atoms with Gasteiger partial charge in [-0.15, -0.1) is 0 Å².